The van der Waals surface area contributed by atoms with E-state index in [-0.39, 0.29) is 74.0 Å². The molecule has 15 heteroatoms. The molecule has 0 aliphatic carbocycles. The molecule has 3 rings (SSSR count). The fraction of sp³-hybridized carbons (Fsp3) is 0.438. The van der Waals surface area contributed by atoms with Gasteiger partial charge in [-0.1, -0.05) is 60.0 Å². The van der Waals surface area contributed by atoms with Crippen LogP contribution in [0.4, 0.5) is 0 Å². The standard InChI is InChI=1S/C32H45N3O9S3/c1-26-5-11-29(12-6-26)45(36,37)33-17-20-42-23-32(4,24-43-21-18-34-46(38,39)30-13-7-27(2)8-14-30)25-44-22-19-35-47(40,41)31-15-9-28(3)10-16-31/h5-16,33-35H,17-25H2,1-4H3. The van der Waals surface area contributed by atoms with Gasteiger partial charge in [-0.2, -0.15) is 0 Å². The van der Waals surface area contributed by atoms with Gasteiger partial charge in [-0.25, -0.2) is 39.4 Å². The Morgan fingerprint density at radius 3 is 0.936 bits per heavy atom. The molecule has 0 radical (unpaired) electrons. The van der Waals surface area contributed by atoms with E-state index in [2.05, 4.69) is 14.2 Å². The van der Waals surface area contributed by atoms with Crippen molar-refractivity contribution in [1.29, 1.82) is 0 Å². The molecule has 0 amide bonds. The summed E-state index contributed by atoms with van der Waals surface area (Å²) in [5.41, 5.74) is 2.12. The zero-order chi connectivity index (χ0) is 34.6. The van der Waals surface area contributed by atoms with Crippen LogP contribution in [0.15, 0.2) is 87.5 Å². The molecule has 47 heavy (non-hydrogen) atoms. The van der Waals surface area contributed by atoms with Gasteiger partial charge in [0.25, 0.3) is 0 Å². The van der Waals surface area contributed by atoms with Crippen LogP contribution >= 0.6 is 0 Å². The van der Waals surface area contributed by atoms with Crippen LogP contribution in [-0.4, -0.2) is 84.5 Å². The lowest BCUT2D eigenvalue weighted by Crippen LogP contribution is -2.37. The maximum absolute atomic E-state index is 12.6. The Hall–Kier alpha value is -2.73. The first-order chi connectivity index (χ1) is 22.1. The maximum Gasteiger partial charge on any atom is 0.240 e. The van der Waals surface area contributed by atoms with Gasteiger partial charge in [0.2, 0.25) is 30.1 Å². The number of hydrogen-bond acceptors (Lipinski definition) is 9. The molecule has 0 aliphatic heterocycles. The average molecular weight is 712 g/mol. The van der Waals surface area contributed by atoms with Gasteiger partial charge in [-0.3, -0.25) is 0 Å². The Morgan fingerprint density at radius 1 is 0.468 bits per heavy atom. The van der Waals surface area contributed by atoms with Crippen molar-refractivity contribution in [3.63, 3.8) is 0 Å². The third kappa shape index (κ3) is 13.0. The Kier molecular flexibility index (Phi) is 14.5. The van der Waals surface area contributed by atoms with Crippen molar-refractivity contribution in [3.8, 4) is 0 Å². The second-order valence-electron chi connectivity index (χ2n) is 11.6. The van der Waals surface area contributed by atoms with E-state index in [1.54, 1.807) is 36.4 Å². The number of ether oxygens (including phenoxy) is 3. The first-order valence-corrected chi connectivity index (χ1v) is 19.5. The second-order valence-corrected chi connectivity index (χ2v) is 16.9. The van der Waals surface area contributed by atoms with Gasteiger partial charge in [0.05, 0.1) is 54.3 Å². The molecule has 3 N–H and O–H groups in total. The van der Waals surface area contributed by atoms with Crippen molar-refractivity contribution in [2.75, 3.05) is 59.3 Å². The Bertz CT molecular complexity index is 1520. The van der Waals surface area contributed by atoms with Crippen LogP contribution in [0.3, 0.4) is 0 Å². The van der Waals surface area contributed by atoms with Crippen molar-refractivity contribution < 1.29 is 39.5 Å². The summed E-state index contributed by atoms with van der Waals surface area (Å²) in [5.74, 6) is 0. The van der Waals surface area contributed by atoms with Crippen LogP contribution in [0.25, 0.3) is 0 Å². The molecule has 3 aromatic rings. The minimum absolute atomic E-state index is 0.0373. The Morgan fingerprint density at radius 2 is 0.702 bits per heavy atom. The van der Waals surface area contributed by atoms with Gasteiger partial charge in [-0.05, 0) is 57.2 Å². The first-order valence-electron chi connectivity index (χ1n) is 15.0. The Balaban J connectivity index is 1.49. The Labute approximate surface area is 279 Å². The highest BCUT2D eigenvalue weighted by atomic mass is 32.2. The molecule has 0 spiro atoms. The quantitative estimate of drug-likeness (QED) is 0.141. The number of rotatable bonds is 21. The minimum Gasteiger partial charge on any atom is -0.379 e. The van der Waals surface area contributed by atoms with Gasteiger partial charge in [0.1, 0.15) is 0 Å². The highest BCUT2D eigenvalue weighted by Gasteiger charge is 2.26. The van der Waals surface area contributed by atoms with Crippen LogP contribution in [0.5, 0.6) is 0 Å². The van der Waals surface area contributed by atoms with Gasteiger partial charge in [0.15, 0.2) is 0 Å². The largest absolute Gasteiger partial charge is 0.379 e. The number of aryl methyl sites for hydroxylation is 3. The molecule has 0 bridgehead atoms. The molecule has 0 fully saturated rings. The normalized spacial score (nSPS) is 12.8. The van der Waals surface area contributed by atoms with Crippen LogP contribution < -0.4 is 14.2 Å². The fourth-order valence-electron chi connectivity index (χ4n) is 4.23. The van der Waals surface area contributed by atoms with E-state index in [4.69, 9.17) is 14.2 Å². The summed E-state index contributed by atoms with van der Waals surface area (Å²) >= 11 is 0. The molecule has 12 nitrogen and oxygen atoms in total. The molecular weight excluding hydrogens is 667 g/mol. The molecule has 0 aromatic heterocycles. The minimum atomic E-state index is -3.69. The van der Waals surface area contributed by atoms with Crippen molar-refractivity contribution in [1.82, 2.24) is 14.2 Å². The summed E-state index contributed by atoms with van der Waals surface area (Å²) in [6.07, 6.45) is 0. The molecule has 0 saturated heterocycles. The average Bonchev–Trinajstić information content (AvgIpc) is 3.01. The molecule has 260 valence electrons. The van der Waals surface area contributed by atoms with E-state index in [1.165, 1.54) is 36.4 Å². The van der Waals surface area contributed by atoms with E-state index < -0.39 is 35.5 Å². The van der Waals surface area contributed by atoms with Crippen molar-refractivity contribution in [2.45, 2.75) is 42.4 Å². The number of sulfonamides is 3. The van der Waals surface area contributed by atoms with Crippen LogP contribution in [-0.2, 0) is 44.3 Å². The summed E-state index contributed by atoms with van der Waals surface area (Å²) in [7, 11) is -11.1. The van der Waals surface area contributed by atoms with E-state index in [9.17, 15) is 25.3 Å². The van der Waals surface area contributed by atoms with Crippen molar-refractivity contribution in [2.24, 2.45) is 5.41 Å². The number of benzene rings is 3. The van der Waals surface area contributed by atoms with Gasteiger partial charge < -0.3 is 14.2 Å². The van der Waals surface area contributed by atoms with Gasteiger partial charge in [0, 0.05) is 25.0 Å². The zero-order valence-electron chi connectivity index (χ0n) is 27.2. The molecule has 0 atom stereocenters. The number of nitrogens with one attached hydrogen (secondary N) is 3. The zero-order valence-corrected chi connectivity index (χ0v) is 29.6. The lowest BCUT2D eigenvalue weighted by Gasteiger charge is -2.29. The lowest BCUT2D eigenvalue weighted by atomic mass is 9.94. The highest BCUT2D eigenvalue weighted by molar-refractivity contribution is 7.90. The summed E-state index contributed by atoms with van der Waals surface area (Å²) in [6, 6.07) is 19.5. The van der Waals surface area contributed by atoms with Gasteiger partial charge >= 0.3 is 0 Å². The maximum atomic E-state index is 12.6. The molecule has 0 saturated carbocycles. The fourth-order valence-corrected chi connectivity index (χ4v) is 7.27. The van der Waals surface area contributed by atoms with Gasteiger partial charge in [-0.15, -0.1) is 0 Å². The third-order valence-electron chi connectivity index (χ3n) is 6.96. The summed E-state index contributed by atoms with van der Waals surface area (Å²) in [4.78, 5) is 0.474. The highest BCUT2D eigenvalue weighted by Crippen LogP contribution is 2.19. The summed E-state index contributed by atoms with van der Waals surface area (Å²) in [6.45, 7) is 8.18. The molecule has 3 aromatic carbocycles. The van der Waals surface area contributed by atoms with Crippen LogP contribution in [0.1, 0.15) is 23.6 Å². The lowest BCUT2D eigenvalue weighted by molar-refractivity contribution is -0.0571. The van der Waals surface area contributed by atoms with Crippen LogP contribution in [0.2, 0.25) is 0 Å². The van der Waals surface area contributed by atoms with E-state index >= 15 is 0 Å². The number of hydrogen-bond donors (Lipinski definition) is 3. The molecular formula is C32H45N3O9S3. The van der Waals surface area contributed by atoms with E-state index in [0.717, 1.165) is 16.7 Å². The second kappa shape index (κ2) is 17.6. The third-order valence-corrected chi connectivity index (χ3v) is 11.4. The molecule has 0 unspecified atom stereocenters. The SMILES string of the molecule is Cc1ccc(S(=O)(=O)NCCOCC(C)(COCCNS(=O)(=O)c2ccc(C)cc2)COCCNS(=O)(=O)c2ccc(C)cc2)cc1. The predicted octanol–water partition coefficient (Wildman–Crippen LogP) is 2.90. The smallest absolute Gasteiger partial charge is 0.240 e. The van der Waals surface area contributed by atoms with E-state index in [1.807, 2.05) is 27.7 Å². The summed E-state index contributed by atoms with van der Waals surface area (Å²) in [5, 5.41) is 0. The summed E-state index contributed by atoms with van der Waals surface area (Å²) < 4.78 is 100. The monoisotopic (exact) mass is 711 g/mol. The predicted molar refractivity (Wildman–Crippen MR) is 180 cm³/mol. The molecule has 0 heterocycles. The van der Waals surface area contributed by atoms with Crippen molar-refractivity contribution in [3.05, 3.63) is 89.5 Å². The van der Waals surface area contributed by atoms with Crippen LogP contribution in [0, 0.1) is 26.2 Å². The molecule has 0 aliphatic rings. The van der Waals surface area contributed by atoms with E-state index in [0.29, 0.717) is 0 Å². The first kappa shape index (κ1) is 38.7. The van der Waals surface area contributed by atoms with Crippen molar-refractivity contribution >= 4 is 30.1 Å². The topological polar surface area (TPSA) is 166 Å².